The maximum absolute atomic E-state index is 9.71. The molecule has 1 aliphatic heterocycles. The summed E-state index contributed by atoms with van der Waals surface area (Å²) in [5.41, 5.74) is 1.80. The normalized spacial score (nSPS) is 20.8. The van der Waals surface area contributed by atoms with Gasteiger partial charge in [-0.1, -0.05) is 18.2 Å². The highest BCUT2D eigenvalue weighted by Gasteiger charge is 2.52. The lowest BCUT2D eigenvalue weighted by atomic mass is 9.77. The predicted molar refractivity (Wildman–Crippen MR) is 87.2 cm³/mol. The molecule has 0 radical (unpaired) electrons. The van der Waals surface area contributed by atoms with Gasteiger partial charge in [-0.25, -0.2) is 0 Å². The Morgan fingerprint density at radius 3 is 2.59 bits per heavy atom. The van der Waals surface area contributed by atoms with Gasteiger partial charge in [-0.2, -0.15) is 5.10 Å². The quantitative estimate of drug-likeness (QED) is 0.855. The van der Waals surface area contributed by atoms with Gasteiger partial charge in [-0.3, -0.25) is 5.10 Å². The molecular weight excluding hydrogens is 279 g/mol. The molecule has 1 aromatic heterocycles. The fourth-order valence-corrected chi connectivity index (χ4v) is 2.44. The van der Waals surface area contributed by atoms with Gasteiger partial charge in [0.1, 0.15) is 0 Å². The minimum Gasteiger partial charge on any atom is -0.400 e. The molecule has 5 nitrogen and oxygen atoms in total. The van der Waals surface area contributed by atoms with Gasteiger partial charge in [-0.05, 0) is 44.8 Å². The second-order valence-corrected chi connectivity index (χ2v) is 6.68. The van der Waals surface area contributed by atoms with Crippen LogP contribution in [0.15, 0.2) is 29.9 Å². The van der Waals surface area contributed by atoms with Crippen molar-refractivity contribution in [1.82, 2.24) is 10.2 Å². The first-order valence-electron chi connectivity index (χ1n) is 7.42. The van der Waals surface area contributed by atoms with E-state index in [1.54, 1.807) is 6.20 Å². The van der Waals surface area contributed by atoms with E-state index >= 15 is 0 Å². The molecule has 3 rings (SSSR count). The molecule has 2 aromatic rings. The number of nitrogens with zero attached hydrogens (tertiary/aromatic N) is 1. The highest BCUT2D eigenvalue weighted by molar-refractivity contribution is 6.55. The number of aromatic amines is 1. The largest absolute Gasteiger partial charge is 0.492 e. The molecule has 116 valence electrons. The number of hydrogen-bond donors (Lipinski definition) is 2. The number of H-pyrrole nitrogens is 1. The summed E-state index contributed by atoms with van der Waals surface area (Å²) in [6.45, 7) is 7.88. The monoisotopic (exact) mass is 300 g/mol. The SMILES string of the molecule is CC1(C)OB(C(=Cc2ccc3cn[nH]c3c2)CO)OC1(C)C. The van der Waals surface area contributed by atoms with Crippen molar-refractivity contribution in [2.75, 3.05) is 6.61 Å². The number of fused-ring (bicyclic) bond motifs is 1. The molecule has 1 aromatic carbocycles. The second kappa shape index (κ2) is 5.23. The summed E-state index contributed by atoms with van der Waals surface area (Å²) in [4.78, 5) is 0. The van der Waals surface area contributed by atoms with E-state index in [0.29, 0.717) is 5.47 Å². The van der Waals surface area contributed by atoms with Gasteiger partial charge in [0.15, 0.2) is 0 Å². The number of nitrogens with one attached hydrogen (secondary N) is 1. The van der Waals surface area contributed by atoms with Gasteiger partial charge >= 0.3 is 7.12 Å². The van der Waals surface area contributed by atoms with Crippen LogP contribution in [0.2, 0.25) is 0 Å². The Bertz CT molecular complexity index is 705. The van der Waals surface area contributed by atoms with Crippen molar-refractivity contribution in [3.8, 4) is 0 Å². The van der Waals surface area contributed by atoms with Gasteiger partial charge in [0, 0.05) is 5.39 Å². The molecule has 1 saturated heterocycles. The predicted octanol–water partition coefficient (Wildman–Crippen LogP) is 2.57. The average Bonchev–Trinajstić information content (AvgIpc) is 2.98. The summed E-state index contributed by atoms with van der Waals surface area (Å²) in [7, 11) is -0.535. The van der Waals surface area contributed by atoms with Crippen molar-refractivity contribution >= 4 is 24.1 Å². The third-order valence-corrected chi connectivity index (χ3v) is 4.56. The van der Waals surface area contributed by atoms with Crippen LogP contribution in [0.4, 0.5) is 0 Å². The molecule has 0 unspecified atom stereocenters. The minimum atomic E-state index is -0.535. The first kappa shape index (κ1) is 15.3. The summed E-state index contributed by atoms with van der Waals surface area (Å²) in [5.74, 6) is 0. The summed E-state index contributed by atoms with van der Waals surface area (Å²) in [6.07, 6.45) is 3.69. The molecule has 2 N–H and O–H groups in total. The molecule has 6 heteroatoms. The zero-order valence-corrected chi connectivity index (χ0v) is 13.4. The number of aliphatic hydroxyl groups excluding tert-OH is 1. The average molecular weight is 300 g/mol. The Morgan fingerprint density at radius 1 is 1.27 bits per heavy atom. The fraction of sp³-hybridized carbons (Fsp3) is 0.438. The maximum Gasteiger partial charge on any atom is 0.492 e. The van der Waals surface area contributed by atoms with Crippen molar-refractivity contribution in [2.45, 2.75) is 38.9 Å². The topological polar surface area (TPSA) is 67.4 Å². The van der Waals surface area contributed by atoms with Gasteiger partial charge in [0.2, 0.25) is 0 Å². The molecule has 0 saturated carbocycles. The summed E-state index contributed by atoms with van der Waals surface area (Å²) in [6, 6.07) is 5.96. The highest BCUT2D eigenvalue weighted by atomic mass is 16.7. The van der Waals surface area contributed by atoms with Crippen molar-refractivity contribution in [3.63, 3.8) is 0 Å². The van der Waals surface area contributed by atoms with Crippen LogP contribution in [-0.4, -0.2) is 40.2 Å². The number of rotatable bonds is 3. The fourth-order valence-electron chi connectivity index (χ4n) is 2.44. The van der Waals surface area contributed by atoms with Crippen LogP contribution in [0, 0.1) is 0 Å². The first-order valence-corrected chi connectivity index (χ1v) is 7.42. The molecule has 0 amide bonds. The lowest BCUT2D eigenvalue weighted by molar-refractivity contribution is 0.00578. The van der Waals surface area contributed by atoms with E-state index in [2.05, 4.69) is 10.2 Å². The number of aliphatic hydroxyl groups is 1. The maximum atomic E-state index is 9.71. The molecule has 2 heterocycles. The van der Waals surface area contributed by atoms with E-state index in [1.165, 1.54) is 0 Å². The van der Waals surface area contributed by atoms with E-state index in [1.807, 2.05) is 52.0 Å². The molecular formula is C16H21BN2O3. The highest BCUT2D eigenvalue weighted by Crippen LogP contribution is 2.38. The third-order valence-electron chi connectivity index (χ3n) is 4.56. The third kappa shape index (κ3) is 2.58. The zero-order valence-electron chi connectivity index (χ0n) is 13.4. The smallest absolute Gasteiger partial charge is 0.400 e. The van der Waals surface area contributed by atoms with E-state index in [4.69, 9.17) is 9.31 Å². The first-order chi connectivity index (χ1) is 10.3. The number of benzene rings is 1. The van der Waals surface area contributed by atoms with E-state index < -0.39 is 18.3 Å². The second-order valence-electron chi connectivity index (χ2n) is 6.68. The molecule has 1 fully saturated rings. The van der Waals surface area contributed by atoms with Crippen molar-refractivity contribution in [2.24, 2.45) is 0 Å². The van der Waals surface area contributed by atoms with Crippen molar-refractivity contribution in [3.05, 3.63) is 35.4 Å². The van der Waals surface area contributed by atoms with Crippen LogP contribution in [0.5, 0.6) is 0 Å². The Morgan fingerprint density at radius 2 is 1.95 bits per heavy atom. The Balaban J connectivity index is 1.90. The molecule has 22 heavy (non-hydrogen) atoms. The number of aromatic nitrogens is 2. The van der Waals surface area contributed by atoms with Gasteiger partial charge in [0.05, 0.1) is 29.5 Å². The minimum absolute atomic E-state index is 0.113. The summed E-state index contributed by atoms with van der Waals surface area (Å²) < 4.78 is 12.0. The summed E-state index contributed by atoms with van der Waals surface area (Å²) in [5, 5.41) is 17.7. The Hall–Kier alpha value is -1.63. The summed E-state index contributed by atoms with van der Waals surface area (Å²) >= 11 is 0. The van der Waals surface area contributed by atoms with Crippen LogP contribution in [-0.2, 0) is 9.31 Å². The van der Waals surface area contributed by atoms with Crippen LogP contribution in [0.1, 0.15) is 33.3 Å². The standard InChI is InChI=1S/C16H21BN2O3/c1-15(2)16(3,4)22-17(21-15)13(10-20)7-11-5-6-12-9-18-19-14(12)8-11/h5-9,20H,10H2,1-4H3,(H,18,19). The van der Waals surface area contributed by atoms with E-state index in [0.717, 1.165) is 16.5 Å². The lowest BCUT2D eigenvalue weighted by Gasteiger charge is -2.32. The van der Waals surface area contributed by atoms with Crippen molar-refractivity contribution < 1.29 is 14.4 Å². The van der Waals surface area contributed by atoms with Gasteiger partial charge in [-0.15, -0.1) is 0 Å². The van der Waals surface area contributed by atoms with Gasteiger partial charge < -0.3 is 14.4 Å². The molecule has 0 atom stereocenters. The zero-order chi connectivity index (χ0) is 16.0. The molecule has 0 aliphatic carbocycles. The Kier molecular flexibility index (Phi) is 3.63. The van der Waals surface area contributed by atoms with Crippen LogP contribution >= 0.6 is 0 Å². The van der Waals surface area contributed by atoms with Gasteiger partial charge in [0.25, 0.3) is 0 Å². The van der Waals surface area contributed by atoms with E-state index in [9.17, 15) is 5.11 Å². The molecule has 0 bridgehead atoms. The lowest BCUT2D eigenvalue weighted by Crippen LogP contribution is -2.41. The number of hydrogen-bond acceptors (Lipinski definition) is 4. The van der Waals surface area contributed by atoms with Crippen LogP contribution in [0.25, 0.3) is 17.0 Å². The van der Waals surface area contributed by atoms with Crippen LogP contribution < -0.4 is 0 Å². The van der Waals surface area contributed by atoms with E-state index in [-0.39, 0.29) is 6.61 Å². The van der Waals surface area contributed by atoms with Crippen molar-refractivity contribution in [1.29, 1.82) is 0 Å². The Labute approximate surface area is 130 Å². The molecule has 0 spiro atoms. The van der Waals surface area contributed by atoms with Crippen LogP contribution in [0.3, 0.4) is 0 Å². The molecule has 1 aliphatic rings.